The highest BCUT2D eigenvalue weighted by atomic mass is 16.5. The fourth-order valence-electron chi connectivity index (χ4n) is 3.09. The van der Waals surface area contributed by atoms with Crippen molar-refractivity contribution >= 4 is 6.29 Å². The minimum atomic E-state index is 0.593. The Kier molecular flexibility index (Phi) is 4.78. The molecular weight excluding hydrogens is 252 g/mol. The maximum Gasteiger partial charge on any atom is 0.150 e. The lowest BCUT2D eigenvalue weighted by molar-refractivity contribution is 0.112. The Morgan fingerprint density at radius 3 is 2.70 bits per heavy atom. The molecule has 1 saturated heterocycles. The molecular formula is C16H24N2O2. The number of aldehydes is 1. The van der Waals surface area contributed by atoms with Gasteiger partial charge in [-0.3, -0.25) is 9.69 Å². The number of methoxy groups -OCH3 is 1. The third-order valence-electron chi connectivity index (χ3n) is 4.15. The van der Waals surface area contributed by atoms with Gasteiger partial charge in [0.15, 0.2) is 0 Å². The fourth-order valence-corrected chi connectivity index (χ4v) is 3.09. The second kappa shape index (κ2) is 6.37. The van der Waals surface area contributed by atoms with Gasteiger partial charge in [0.25, 0.3) is 0 Å². The SMILES string of the molecule is COc1ccc(C=O)cc1CN1CC(C)C(N(C)C)C1. The van der Waals surface area contributed by atoms with Gasteiger partial charge < -0.3 is 9.64 Å². The molecule has 0 radical (unpaired) electrons. The smallest absolute Gasteiger partial charge is 0.150 e. The maximum absolute atomic E-state index is 10.9. The van der Waals surface area contributed by atoms with Gasteiger partial charge in [0, 0.05) is 36.8 Å². The van der Waals surface area contributed by atoms with Gasteiger partial charge >= 0.3 is 0 Å². The lowest BCUT2D eigenvalue weighted by Crippen LogP contribution is -2.34. The second-order valence-corrected chi connectivity index (χ2v) is 5.89. The van der Waals surface area contributed by atoms with Crippen molar-refractivity contribution in [3.8, 4) is 5.75 Å². The largest absolute Gasteiger partial charge is 0.496 e. The number of ether oxygens (including phenoxy) is 1. The number of hydrogen-bond acceptors (Lipinski definition) is 4. The molecule has 1 heterocycles. The molecule has 0 aliphatic carbocycles. The predicted octanol–water partition coefficient (Wildman–Crippen LogP) is 1.89. The Labute approximate surface area is 121 Å². The first-order valence-corrected chi connectivity index (χ1v) is 7.06. The van der Waals surface area contributed by atoms with E-state index in [-0.39, 0.29) is 0 Å². The van der Waals surface area contributed by atoms with Crippen molar-refractivity contribution in [2.45, 2.75) is 19.5 Å². The number of carbonyl (C=O) groups excluding carboxylic acids is 1. The molecule has 2 rings (SSSR count). The van der Waals surface area contributed by atoms with E-state index in [1.807, 2.05) is 12.1 Å². The lowest BCUT2D eigenvalue weighted by atomic mass is 10.1. The summed E-state index contributed by atoms with van der Waals surface area (Å²) in [6.45, 7) is 5.27. The zero-order valence-corrected chi connectivity index (χ0v) is 12.8. The Hall–Kier alpha value is -1.39. The maximum atomic E-state index is 10.9. The molecule has 1 fully saturated rings. The van der Waals surface area contributed by atoms with Gasteiger partial charge in [-0.05, 0) is 38.2 Å². The molecule has 2 unspecified atom stereocenters. The second-order valence-electron chi connectivity index (χ2n) is 5.89. The van der Waals surface area contributed by atoms with Crippen LogP contribution in [0.4, 0.5) is 0 Å². The van der Waals surface area contributed by atoms with Crippen molar-refractivity contribution in [2.24, 2.45) is 5.92 Å². The van der Waals surface area contributed by atoms with E-state index in [1.165, 1.54) is 0 Å². The zero-order valence-electron chi connectivity index (χ0n) is 12.8. The Bertz CT molecular complexity index is 474. The van der Waals surface area contributed by atoms with E-state index >= 15 is 0 Å². The molecule has 20 heavy (non-hydrogen) atoms. The first-order chi connectivity index (χ1) is 9.55. The fraction of sp³-hybridized carbons (Fsp3) is 0.562. The highest BCUT2D eigenvalue weighted by Crippen LogP contribution is 2.26. The third-order valence-corrected chi connectivity index (χ3v) is 4.15. The first-order valence-electron chi connectivity index (χ1n) is 7.06. The number of likely N-dealkylation sites (tertiary alicyclic amines) is 1. The van der Waals surface area contributed by atoms with Gasteiger partial charge in [-0.2, -0.15) is 0 Å². The molecule has 4 nitrogen and oxygen atoms in total. The average Bonchev–Trinajstić information content (AvgIpc) is 2.79. The van der Waals surface area contributed by atoms with Crippen LogP contribution in [0, 0.1) is 5.92 Å². The number of benzene rings is 1. The summed E-state index contributed by atoms with van der Waals surface area (Å²) >= 11 is 0. The van der Waals surface area contributed by atoms with Crippen LogP contribution < -0.4 is 4.74 Å². The lowest BCUT2D eigenvalue weighted by Gasteiger charge is -2.23. The molecule has 0 bridgehead atoms. The van der Waals surface area contributed by atoms with Crippen LogP contribution in [0.3, 0.4) is 0 Å². The average molecular weight is 276 g/mol. The molecule has 2 atom stereocenters. The highest BCUT2D eigenvalue weighted by molar-refractivity contribution is 5.75. The number of likely N-dealkylation sites (N-methyl/N-ethyl adjacent to an activating group) is 1. The van der Waals surface area contributed by atoms with Crippen LogP contribution in [-0.4, -0.2) is 56.4 Å². The predicted molar refractivity (Wildman–Crippen MR) is 80.3 cm³/mol. The molecule has 1 aliphatic heterocycles. The van der Waals surface area contributed by atoms with E-state index in [1.54, 1.807) is 13.2 Å². The molecule has 110 valence electrons. The van der Waals surface area contributed by atoms with Crippen LogP contribution in [0.1, 0.15) is 22.8 Å². The molecule has 0 aromatic heterocycles. The molecule has 1 aliphatic rings. The van der Waals surface area contributed by atoms with Crippen LogP contribution >= 0.6 is 0 Å². The van der Waals surface area contributed by atoms with Crippen molar-refractivity contribution in [3.63, 3.8) is 0 Å². The van der Waals surface area contributed by atoms with Crippen molar-refractivity contribution in [2.75, 3.05) is 34.3 Å². The summed E-state index contributed by atoms with van der Waals surface area (Å²) in [6.07, 6.45) is 0.887. The first kappa shape index (κ1) is 15.0. The summed E-state index contributed by atoms with van der Waals surface area (Å²) in [5, 5.41) is 0. The van der Waals surface area contributed by atoms with Crippen molar-refractivity contribution in [3.05, 3.63) is 29.3 Å². The molecule has 0 spiro atoms. The molecule has 1 aromatic rings. The normalized spacial score (nSPS) is 23.2. The van der Waals surface area contributed by atoms with E-state index in [2.05, 4.69) is 30.8 Å². The summed E-state index contributed by atoms with van der Waals surface area (Å²) in [5.74, 6) is 1.52. The van der Waals surface area contributed by atoms with Crippen molar-refractivity contribution in [1.82, 2.24) is 9.80 Å². The van der Waals surface area contributed by atoms with Gasteiger partial charge in [0.2, 0.25) is 0 Å². The highest BCUT2D eigenvalue weighted by Gasteiger charge is 2.31. The van der Waals surface area contributed by atoms with E-state index < -0.39 is 0 Å². The van der Waals surface area contributed by atoms with Gasteiger partial charge in [0.1, 0.15) is 12.0 Å². The monoisotopic (exact) mass is 276 g/mol. The van der Waals surface area contributed by atoms with Gasteiger partial charge in [-0.25, -0.2) is 0 Å². The van der Waals surface area contributed by atoms with Gasteiger partial charge in [0.05, 0.1) is 7.11 Å². The van der Waals surface area contributed by atoms with Crippen molar-refractivity contribution < 1.29 is 9.53 Å². The van der Waals surface area contributed by atoms with Crippen molar-refractivity contribution in [1.29, 1.82) is 0 Å². The summed E-state index contributed by atoms with van der Waals surface area (Å²) in [6, 6.07) is 6.20. The standard InChI is InChI=1S/C16H24N2O2/c1-12-8-18(10-15(12)17(2)3)9-14-7-13(11-19)5-6-16(14)20-4/h5-7,11-12,15H,8-10H2,1-4H3. The van der Waals surface area contributed by atoms with E-state index in [4.69, 9.17) is 4.74 Å². The van der Waals surface area contributed by atoms with Gasteiger partial charge in [-0.1, -0.05) is 6.92 Å². The zero-order chi connectivity index (χ0) is 14.7. The summed E-state index contributed by atoms with van der Waals surface area (Å²) < 4.78 is 5.40. The third kappa shape index (κ3) is 3.19. The van der Waals surface area contributed by atoms with E-state index in [0.717, 1.165) is 37.2 Å². The van der Waals surface area contributed by atoms with E-state index in [0.29, 0.717) is 17.5 Å². The van der Waals surface area contributed by atoms with Crippen LogP contribution in [-0.2, 0) is 6.54 Å². The Morgan fingerprint density at radius 1 is 1.40 bits per heavy atom. The Balaban J connectivity index is 2.12. The van der Waals surface area contributed by atoms with Crippen LogP contribution in [0.2, 0.25) is 0 Å². The van der Waals surface area contributed by atoms with Crippen LogP contribution in [0.15, 0.2) is 18.2 Å². The van der Waals surface area contributed by atoms with Crippen LogP contribution in [0.5, 0.6) is 5.75 Å². The summed E-state index contributed by atoms with van der Waals surface area (Å²) in [4.78, 5) is 15.7. The van der Waals surface area contributed by atoms with Crippen LogP contribution in [0.25, 0.3) is 0 Å². The van der Waals surface area contributed by atoms with E-state index in [9.17, 15) is 4.79 Å². The quantitative estimate of drug-likeness (QED) is 0.769. The number of nitrogens with zero attached hydrogens (tertiary/aromatic N) is 2. The molecule has 1 aromatic carbocycles. The topological polar surface area (TPSA) is 32.8 Å². The molecule has 0 amide bonds. The molecule has 0 N–H and O–H groups in total. The minimum absolute atomic E-state index is 0.593. The number of carbonyl (C=O) groups is 1. The number of hydrogen-bond donors (Lipinski definition) is 0. The Morgan fingerprint density at radius 2 is 2.15 bits per heavy atom. The molecule has 0 saturated carbocycles. The molecule has 4 heteroatoms. The summed E-state index contributed by atoms with van der Waals surface area (Å²) in [5.41, 5.74) is 1.79. The summed E-state index contributed by atoms with van der Waals surface area (Å²) in [7, 11) is 5.95. The number of rotatable bonds is 5. The van der Waals surface area contributed by atoms with Gasteiger partial charge in [-0.15, -0.1) is 0 Å². The minimum Gasteiger partial charge on any atom is -0.496 e.